The van der Waals surface area contributed by atoms with E-state index in [0.717, 1.165) is 12.1 Å². The maximum atomic E-state index is 12.4. The second-order valence-electron chi connectivity index (χ2n) is 7.95. The number of thioether (sulfide) groups is 1. The van der Waals surface area contributed by atoms with Crippen LogP contribution in [0.2, 0.25) is 5.02 Å². The van der Waals surface area contributed by atoms with E-state index in [2.05, 4.69) is 29.4 Å². The molecular formula is C24H29ClN4O3S. The molecule has 0 saturated carbocycles. The van der Waals surface area contributed by atoms with Gasteiger partial charge in [-0.15, -0.1) is 10.2 Å². The lowest BCUT2D eigenvalue weighted by atomic mass is 10.2. The molecule has 33 heavy (non-hydrogen) atoms. The zero-order valence-corrected chi connectivity index (χ0v) is 20.8. The fourth-order valence-corrected chi connectivity index (χ4v) is 4.10. The third kappa shape index (κ3) is 7.14. The van der Waals surface area contributed by atoms with E-state index in [0.29, 0.717) is 40.0 Å². The Morgan fingerprint density at radius 1 is 1.09 bits per heavy atom. The van der Waals surface area contributed by atoms with Gasteiger partial charge < -0.3 is 19.4 Å². The average molecular weight is 489 g/mol. The van der Waals surface area contributed by atoms with Crippen LogP contribution in [0.15, 0.2) is 53.7 Å². The van der Waals surface area contributed by atoms with Gasteiger partial charge in [0.05, 0.1) is 12.9 Å². The van der Waals surface area contributed by atoms with Crippen LogP contribution in [0.4, 0.5) is 0 Å². The van der Waals surface area contributed by atoms with E-state index in [9.17, 15) is 4.79 Å². The van der Waals surface area contributed by atoms with E-state index in [4.69, 9.17) is 21.1 Å². The molecule has 1 unspecified atom stereocenters. The van der Waals surface area contributed by atoms with Crippen LogP contribution in [-0.4, -0.2) is 33.5 Å². The molecule has 0 aliphatic carbocycles. The van der Waals surface area contributed by atoms with Gasteiger partial charge in [-0.2, -0.15) is 0 Å². The Bertz CT molecular complexity index is 1060. The summed E-state index contributed by atoms with van der Waals surface area (Å²) < 4.78 is 13.5. The molecule has 0 saturated heterocycles. The summed E-state index contributed by atoms with van der Waals surface area (Å²) in [5, 5.41) is 13.0. The van der Waals surface area contributed by atoms with E-state index in [1.54, 1.807) is 7.11 Å². The Kier molecular flexibility index (Phi) is 9.03. The number of benzene rings is 2. The highest BCUT2D eigenvalue weighted by atomic mass is 35.5. The lowest BCUT2D eigenvalue weighted by Gasteiger charge is -2.19. The lowest BCUT2D eigenvalue weighted by Crippen LogP contribution is -2.24. The Balaban J connectivity index is 1.65. The largest absolute Gasteiger partial charge is 0.493 e. The van der Waals surface area contributed by atoms with Gasteiger partial charge in [0.2, 0.25) is 5.91 Å². The zero-order valence-electron chi connectivity index (χ0n) is 19.2. The maximum Gasteiger partial charge on any atom is 0.230 e. The predicted molar refractivity (Wildman–Crippen MR) is 131 cm³/mol. The molecule has 2 aromatic carbocycles. The normalized spacial score (nSPS) is 11.9. The van der Waals surface area contributed by atoms with Crippen molar-refractivity contribution in [1.82, 2.24) is 20.1 Å². The number of hydrogen-bond donors (Lipinski definition) is 1. The molecule has 176 valence electrons. The van der Waals surface area contributed by atoms with Crippen LogP contribution in [0.1, 0.15) is 38.3 Å². The van der Waals surface area contributed by atoms with Crippen LogP contribution >= 0.6 is 23.4 Å². The number of carbonyl (C=O) groups is 1. The third-order valence-electron chi connectivity index (χ3n) is 4.76. The number of halogens is 1. The summed E-state index contributed by atoms with van der Waals surface area (Å²) in [5.74, 6) is 2.54. The minimum absolute atomic E-state index is 0.0751. The van der Waals surface area contributed by atoms with Gasteiger partial charge in [-0.25, -0.2) is 0 Å². The number of aromatic nitrogens is 3. The van der Waals surface area contributed by atoms with Crippen molar-refractivity contribution in [2.24, 2.45) is 5.92 Å². The van der Waals surface area contributed by atoms with Gasteiger partial charge in [-0.1, -0.05) is 61.5 Å². The molecule has 0 aliphatic rings. The van der Waals surface area contributed by atoms with Crippen LogP contribution in [-0.2, 0) is 17.9 Å². The van der Waals surface area contributed by atoms with E-state index in [-0.39, 0.29) is 17.8 Å². The molecule has 1 heterocycles. The maximum absolute atomic E-state index is 12.4. The number of amides is 1. The number of nitrogens with zero attached hydrogens (tertiary/aromatic N) is 3. The van der Waals surface area contributed by atoms with Gasteiger partial charge in [0, 0.05) is 18.1 Å². The molecule has 7 nitrogen and oxygen atoms in total. The summed E-state index contributed by atoms with van der Waals surface area (Å²) in [4.78, 5) is 12.4. The molecule has 1 amide bonds. The Hall–Kier alpha value is -2.71. The molecule has 3 rings (SSSR count). The second kappa shape index (κ2) is 12.0. The molecule has 0 radical (unpaired) electrons. The highest BCUT2D eigenvalue weighted by Crippen LogP contribution is 2.31. The first-order valence-electron chi connectivity index (χ1n) is 10.7. The number of carbonyl (C=O) groups excluding carboxylic acids is 1. The average Bonchev–Trinajstić information content (AvgIpc) is 3.19. The smallest absolute Gasteiger partial charge is 0.230 e. The van der Waals surface area contributed by atoms with Crippen molar-refractivity contribution >= 4 is 29.3 Å². The topological polar surface area (TPSA) is 78.3 Å². The minimum Gasteiger partial charge on any atom is -0.493 e. The van der Waals surface area contributed by atoms with Crippen LogP contribution < -0.4 is 14.8 Å². The van der Waals surface area contributed by atoms with Crippen molar-refractivity contribution in [2.45, 2.75) is 45.1 Å². The van der Waals surface area contributed by atoms with Gasteiger partial charge in [-0.05, 0) is 42.7 Å². The summed E-state index contributed by atoms with van der Waals surface area (Å²) in [6.07, 6.45) is -0.347. The molecule has 1 N–H and O–H groups in total. The highest BCUT2D eigenvalue weighted by molar-refractivity contribution is 7.99. The number of para-hydroxylation sites is 2. The monoisotopic (exact) mass is 488 g/mol. The van der Waals surface area contributed by atoms with Crippen molar-refractivity contribution < 1.29 is 14.3 Å². The molecule has 0 fully saturated rings. The molecule has 0 aliphatic heterocycles. The van der Waals surface area contributed by atoms with Gasteiger partial charge >= 0.3 is 0 Å². The number of methoxy groups -OCH3 is 1. The van der Waals surface area contributed by atoms with Gasteiger partial charge in [0.1, 0.15) is 0 Å². The van der Waals surface area contributed by atoms with E-state index >= 15 is 0 Å². The summed E-state index contributed by atoms with van der Waals surface area (Å²) in [6.45, 7) is 7.35. The second-order valence-corrected chi connectivity index (χ2v) is 9.33. The van der Waals surface area contributed by atoms with Gasteiger partial charge in [0.25, 0.3) is 0 Å². The van der Waals surface area contributed by atoms with Crippen LogP contribution in [0.3, 0.4) is 0 Å². The standard InChI is InChI=1S/C24H29ClN4O3S/c1-16(2)14-29-23(17(3)32-21-8-6-5-7-20(21)31-4)27-28-24(29)33-15-22(30)26-13-18-9-11-19(25)12-10-18/h5-12,16-17H,13-15H2,1-4H3,(H,26,30). The molecular weight excluding hydrogens is 460 g/mol. The van der Waals surface area contributed by atoms with Crippen LogP contribution in [0, 0.1) is 5.92 Å². The van der Waals surface area contributed by atoms with Gasteiger partial charge in [-0.3, -0.25) is 4.79 Å². The first-order valence-corrected chi connectivity index (χ1v) is 12.1. The number of rotatable bonds is 11. The number of ether oxygens (including phenoxy) is 2. The van der Waals surface area contributed by atoms with Crippen molar-refractivity contribution in [3.63, 3.8) is 0 Å². The first-order chi connectivity index (χ1) is 15.9. The van der Waals surface area contributed by atoms with E-state index < -0.39 is 0 Å². The molecule has 9 heteroatoms. The Labute approximate surface area is 203 Å². The summed E-state index contributed by atoms with van der Waals surface area (Å²) >= 11 is 7.27. The van der Waals surface area contributed by atoms with Crippen molar-refractivity contribution in [1.29, 1.82) is 0 Å². The lowest BCUT2D eigenvalue weighted by molar-refractivity contribution is -0.118. The van der Waals surface area contributed by atoms with E-state index in [1.807, 2.05) is 60.0 Å². The summed E-state index contributed by atoms with van der Waals surface area (Å²) in [5.41, 5.74) is 0.991. The molecule has 0 spiro atoms. The molecule has 1 aromatic heterocycles. The quantitative estimate of drug-likeness (QED) is 0.376. The van der Waals surface area contributed by atoms with Crippen LogP contribution in [0.25, 0.3) is 0 Å². The molecule has 1 atom stereocenters. The fraction of sp³-hybridized carbons (Fsp3) is 0.375. The fourth-order valence-electron chi connectivity index (χ4n) is 3.19. The summed E-state index contributed by atoms with van der Waals surface area (Å²) in [7, 11) is 1.61. The predicted octanol–water partition coefficient (Wildman–Crippen LogP) is 5.14. The summed E-state index contributed by atoms with van der Waals surface area (Å²) in [6, 6.07) is 14.9. The van der Waals surface area contributed by atoms with Crippen molar-refractivity contribution in [2.75, 3.05) is 12.9 Å². The van der Waals surface area contributed by atoms with Gasteiger partial charge in [0.15, 0.2) is 28.6 Å². The zero-order chi connectivity index (χ0) is 23.8. The number of nitrogens with one attached hydrogen (secondary N) is 1. The molecule has 0 bridgehead atoms. The van der Waals surface area contributed by atoms with Crippen molar-refractivity contribution in [3.8, 4) is 11.5 Å². The number of hydrogen-bond acceptors (Lipinski definition) is 6. The molecule has 3 aromatic rings. The minimum atomic E-state index is -0.347. The Morgan fingerprint density at radius 3 is 2.45 bits per heavy atom. The third-order valence-corrected chi connectivity index (χ3v) is 5.98. The Morgan fingerprint density at radius 2 is 1.79 bits per heavy atom. The van der Waals surface area contributed by atoms with E-state index in [1.165, 1.54) is 11.8 Å². The SMILES string of the molecule is COc1ccccc1OC(C)c1nnc(SCC(=O)NCc2ccc(Cl)cc2)n1CC(C)C. The first kappa shape index (κ1) is 24.9. The highest BCUT2D eigenvalue weighted by Gasteiger charge is 2.22. The van der Waals surface area contributed by atoms with Crippen LogP contribution in [0.5, 0.6) is 11.5 Å². The van der Waals surface area contributed by atoms with Crippen molar-refractivity contribution in [3.05, 3.63) is 64.9 Å².